The number of amides is 1. The zero-order valence-electron chi connectivity index (χ0n) is 14.0. The third-order valence-electron chi connectivity index (χ3n) is 5.91. The Kier molecular flexibility index (Phi) is 5.67. The van der Waals surface area contributed by atoms with Gasteiger partial charge in [0.25, 0.3) is 0 Å². The fourth-order valence-electron chi connectivity index (χ4n) is 4.70. The molecule has 0 spiro atoms. The minimum Gasteiger partial charge on any atom is -0.368 e. The fraction of sp³-hybridized carbons (Fsp3) is 0.941. The van der Waals surface area contributed by atoms with Gasteiger partial charge < -0.3 is 11.1 Å². The lowest BCUT2D eigenvalue weighted by molar-refractivity contribution is -0.126. The Balaban J connectivity index is 1.99. The third kappa shape index (κ3) is 3.26. The van der Waals surface area contributed by atoms with Crippen LogP contribution in [0.15, 0.2) is 0 Å². The lowest BCUT2D eigenvalue weighted by atomic mass is 9.83. The average molecular weight is 295 g/mol. The Hall–Kier alpha value is -0.610. The first kappa shape index (κ1) is 16.8. The largest absolute Gasteiger partial charge is 0.368 e. The molecule has 4 unspecified atom stereocenters. The second-order valence-corrected chi connectivity index (χ2v) is 6.97. The van der Waals surface area contributed by atoms with E-state index in [1.807, 2.05) is 0 Å². The summed E-state index contributed by atoms with van der Waals surface area (Å²) in [7, 11) is 0. The van der Waals surface area contributed by atoms with E-state index in [4.69, 9.17) is 5.73 Å². The second kappa shape index (κ2) is 7.10. The van der Waals surface area contributed by atoms with Gasteiger partial charge in [-0.2, -0.15) is 0 Å². The summed E-state index contributed by atoms with van der Waals surface area (Å²) in [5.74, 6) is 0.258. The van der Waals surface area contributed by atoms with Crippen molar-refractivity contribution in [3.05, 3.63) is 0 Å². The van der Waals surface area contributed by atoms with E-state index in [9.17, 15) is 4.79 Å². The van der Waals surface area contributed by atoms with Gasteiger partial charge in [-0.1, -0.05) is 20.3 Å². The molecule has 0 radical (unpaired) electrons. The molecule has 2 fully saturated rings. The van der Waals surface area contributed by atoms with E-state index in [0.29, 0.717) is 12.0 Å². The lowest BCUT2D eigenvalue weighted by Crippen LogP contribution is -2.58. The smallest absolute Gasteiger partial charge is 0.238 e. The number of hydrogen-bond donors (Lipinski definition) is 2. The number of primary amides is 1. The first-order valence-electron chi connectivity index (χ1n) is 8.85. The van der Waals surface area contributed by atoms with Crippen LogP contribution in [0.1, 0.15) is 65.7 Å². The molecule has 3 N–H and O–H groups in total. The highest BCUT2D eigenvalue weighted by Gasteiger charge is 2.47. The molecule has 1 saturated carbocycles. The van der Waals surface area contributed by atoms with Gasteiger partial charge in [0.2, 0.25) is 5.91 Å². The van der Waals surface area contributed by atoms with Gasteiger partial charge >= 0.3 is 0 Å². The standard InChI is InChI=1S/C17H33N3O/c1-4-15-9-8-13(3)20(15)12-10-14-7-6-11-17(14,16(18)21)19-5-2/h13-15,19H,4-12H2,1-3H3,(H2,18,21). The molecule has 122 valence electrons. The molecular formula is C17H33N3O. The molecule has 0 aromatic heterocycles. The van der Waals surface area contributed by atoms with Crippen LogP contribution in [0.25, 0.3) is 0 Å². The van der Waals surface area contributed by atoms with E-state index in [1.54, 1.807) is 0 Å². The van der Waals surface area contributed by atoms with Crippen LogP contribution < -0.4 is 11.1 Å². The number of nitrogens with two attached hydrogens (primary N) is 1. The average Bonchev–Trinajstić information content (AvgIpc) is 3.01. The molecule has 0 aromatic rings. The van der Waals surface area contributed by atoms with Crippen molar-refractivity contribution >= 4 is 5.91 Å². The minimum atomic E-state index is -0.445. The summed E-state index contributed by atoms with van der Waals surface area (Å²) >= 11 is 0. The molecule has 1 aliphatic carbocycles. The summed E-state index contributed by atoms with van der Waals surface area (Å²) in [5.41, 5.74) is 5.31. The van der Waals surface area contributed by atoms with Crippen molar-refractivity contribution in [2.75, 3.05) is 13.1 Å². The van der Waals surface area contributed by atoms with Crippen LogP contribution in [0.5, 0.6) is 0 Å². The number of carbonyl (C=O) groups is 1. The maximum absolute atomic E-state index is 12.1. The molecule has 2 aliphatic rings. The topological polar surface area (TPSA) is 58.4 Å². The van der Waals surface area contributed by atoms with Crippen molar-refractivity contribution in [3.8, 4) is 0 Å². The highest BCUT2D eigenvalue weighted by Crippen LogP contribution is 2.39. The number of nitrogens with one attached hydrogen (secondary N) is 1. The molecule has 1 aliphatic heterocycles. The van der Waals surface area contributed by atoms with Gasteiger partial charge in [-0.25, -0.2) is 0 Å². The van der Waals surface area contributed by atoms with Crippen LogP contribution in [-0.2, 0) is 4.79 Å². The number of likely N-dealkylation sites (tertiary alicyclic amines) is 1. The van der Waals surface area contributed by atoms with Crippen molar-refractivity contribution < 1.29 is 4.79 Å². The van der Waals surface area contributed by atoms with Gasteiger partial charge in [-0.05, 0) is 64.5 Å². The Morgan fingerprint density at radius 2 is 2.10 bits per heavy atom. The molecule has 21 heavy (non-hydrogen) atoms. The van der Waals surface area contributed by atoms with E-state index in [-0.39, 0.29) is 5.91 Å². The van der Waals surface area contributed by atoms with Gasteiger partial charge in [-0.15, -0.1) is 0 Å². The first-order chi connectivity index (χ1) is 10.0. The van der Waals surface area contributed by atoms with Gasteiger partial charge in [0.1, 0.15) is 5.54 Å². The summed E-state index contributed by atoms with van der Waals surface area (Å²) in [6.07, 6.45) is 8.14. The maximum atomic E-state index is 12.1. The zero-order chi connectivity index (χ0) is 15.5. The van der Waals surface area contributed by atoms with Crippen LogP contribution in [0.2, 0.25) is 0 Å². The van der Waals surface area contributed by atoms with Crippen molar-refractivity contribution in [2.24, 2.45) is 11.7 Å². The monoisotopic (exact) mass is 295 g/mol. The molecule has 1 heterocycles. The Labute approximate surface area is 129 Å². The molecular weight excluding hydrogens is 262 g/mol. The van der Waals surface area contributed by atoms with Crippen molar-refractivity contribution in [1.82, 2.24) is 10.2 Å². The highest BCUT2D eigenvalue weighted by molar-refractivity contribution is 5.85. The maximum Gasteiger partial charge on any atom is 0.238 e. The third-order valence-corrected chi connectivity index (χ3v) is 5.91. The van der Waals surface area contributed by atoms with Crippen molar-refractivity contribution in [1.29, 1.82) is 0 Å². The summed E-state index contributed by atoms with van der Waals surface area (Å²) in [4.78, 5) is 14.7. The van der Waals surface area contributed by atoms with Crippen molar-refractivity contribution in [2.45, 2.75) is 83.3 Å². The summed E-state index contributed by atoms with van der Waals surface area (Å²) in [6, 6.07) is 1.43. The zero-order valence-corrected chi connectivity index (χ0v) is 14.0. The van der Waals surface area contributed by atoms with Crippen LogP contribution in [-0.4, -0.2) is 41.5 Å². The van der Waals surface area contributed by atoms with Gasteiger partial charge in [0, 0.05) is 12.1 Å². The SMILES string of the molecule is CCNC1(C(N)=O)CCCC1CCN1C(C)CCC1CC. The van der Waals surface area contributed by atoms with Crippen LogP contribution in [0.3, 0.4) is 0 Å². The first-order valence-corrected chi connectivity index (χ1v) is 8.85. The number of likely N-dealkylation sites (N-methyl/N-ethyl adjacent to an activating group) is 1. The Morgan fingerprint density at radius 3 is 2.71 bits per heavy atom. The van der Waals surface area contributed by atoms with Crippen molar-refractivity contribution in [3.63, 3.8) is 0 Å². The molecule has 4 heteroatoms. The van der Waals surface area contributed by atoms with Gasteiger partial charge in [0.05, 0.1) is 0 Å². The number of rotatable bonds is 7. The van der Waals surface area contributed by atoms with Gasteiger partial charge in [0.15, 0.2) is 0 Å². The number of carbonyl (C=O) groups excluding carboxylic acids is 1. The molecule has 1 saturated heterocycles. The molecule has 2 rings (SSSR count). The summed E-state index contributed by atoms with van der Waals surface area (Å²) in [6.45, 7) is 8.63. The van der Waals surface area contributed by atoms with E-state index in [2.05, 4.69) is 31.0 Å². The quantitative estimate of drug-likeness (QED) is 0.757. The predicted molar refractivity (Wildman–Crippen MR) is 87.0 cm³/mol. The fourth-order valence-corrected chi connectivity index (χ4v) is 4.70. The van der Waals surface area contributed by atoms with E-state index >= 15 is 0 Å². The second-order valence-electron chi connectivity index (χ2n) is 6.97. The Morgan fingerprint density at radius 1 is 1.33 bits per heavy atom. The van der Waals surface area contributed by atoms with Crippen LogP contribution >= 0.6 is 0 Å². The highest BCUT2D eigenvalue weighted by atomic mass is 16.1. The predicted octanol–water partition coefficient (Wildman–Crippen LogP) is 2.27. The molecule has 0 bridgehead atoms. The molecule has 4 atom stereocenters. The molecule has 4 nitrogen and oxygen atoms in total. The number of hydrogen-bond acceptors (Lipinski definition) is 3. The van der Waals surface area contributed by atoms with E-state index < -0.39 is 5.54 Å². The van der Waals surface area contributed by atoms with Crippen LogP contribution in [0.4, 0.5) is 0 Å². The Bertz CT molecular complexity index is 360. The van der Waals surface area contributed by atoms with Gasteiger partial charge in [-0.3, -0.25) is 9.69 Å². The minimum absolute atomic E-state index is 0.145. The summed E-state index contributed by atoms with van der Waals surface area (Å²) in [5, 5.41) is 3.43. The van der Waals surface area contributed by atoms with Crippen LogP contribution in [0, 0.1) is 5.92 Å². The lowest BCUT2D eigenvalue weighted by Gasteiger charge is -2.36. The van der Waals surface area contributed by atoms with E-state index in [0.717, 1.165) is 44.8 Å². The normalized spacial score (nSPS) is 37.2. The van der Waals surface area contributed by atoms with E-state index in [1.165, 1.54) is 19.3 Å². The molecule has 1 amide bonds. The molecule has 0 aromatic carbocycles. The number of nitrogens with zero attached hydrogens (tertiary/aromatic N) is 1. The summed E-state index contributed by atoms with van der Waals surface area (Å²) < 4.78 is 0.